The number of nitrogens with zero attached hydrogens (tertiary/aromatic N) is 2. The molecular weight excluding hydrogens is 551 g/mol. The molecule has 2 aromatic rings. The zero-order valence-corrected chi connectivity index (χ0v) is 20.7. The van der Waals surface area contributed by atoms with Crippen LogP contribution in [0.2, 0.25) is 10.0 Å². The van der Waals surface area contributed by atoms with Gasteiger partial charge in [-0.25, -0.2) is 0 Å². The van der Waals surface area contributed by atoms with Gasteiger partial charge < -0.3 is 10.1 Å². The van der Waals surface area contributed by atoms with Crippen molar-refractivity contribution in [2.24, 2.45) is 10.5 Å². The van der Waals surface area contributed by atoms with Crippen LogP contribution in [-0.2, 0) is 26.7 Å². The normalized spacial score (nSPS) is 18.0. The van der Waals surface area contributed by atoms with E-state index in [4.69, 9.17) is 27.9 Å². The fourth-order valence-corrected chi connectivity index (χ4v) is 4.30. The number of nitrogens with one attached hydrogen (secondary N) is 1. The minimum atomic E-state index is -4.69. The minimum absolute atomic E-state index is 0.00549. The van der Waals surface area contributed by atoms with Gasteiger partial charge in [0.05, 0.1) is 40.0 Å². The molecule has 1 aliphatic rings. The van der Waals surface area contributed by atoms with Gasteiger partial charge in [-0.15, -0.1) is 0 Å². The Bertz CT molecular complexity index is 1250. The van der Waals surface area contributed by atoms with Gasteiger partial charge >= 0.3 is 18.3 Å². The van der Waals surface area contributed by atoms with Crippen molar-refractivity contribution in [3.8, 4) is 0 Å². The van der Waals surface area contributed by atoms with Crippen molar-refractivity contribution in [3.63, 3.8) is 0 Å². The Labute approximate surface area is 217 Å². The molecule has 0 saturated carbocycles. The highest BCUT2D eigenvalue weighted by Gasteiger charge is 2.47. The van der Waals surface area contributed by atoms with Crippen LogP contribution in [0.15, 0.2) is 41.5 Å². The van der Waals surface area contributed by atoms with E-state index in [1.54, 1.807) is 6.92 Å². The summed E-state index contributed by atoms with van der Waals surface area (Å²) in [7, 11) is 0. The minimum Gasteiger partial charge on any atom is -0.465 e. The lowest BCUT2D eigenvalue weighted by Gasteiger charge is -2.24. The lowest BCUT2D eigenvalue weighted by Crippen LogP contribution is -2.41. The van der Waals surface area contributed by atoms with Crippen molar-refractivity contribution in [1.29, 1.82) is 0 Å². The number of hydrogen-bond donors (Lipinski definition) is 1. The highest BCUT2D eigenvalue weighted by Crippen LogP contribution is 2.39. The number of halogens is 8. The lowest BCUT2D eigenvalue weighted by molar-refractivity contribution is -0.150. The first-order valence-corrected chi connectivity index (χ1v) is 11.4. The standard InChI is InChI=1S/C23H19Cl2F6N3O3/c1-3-37-20(36)21(2)11-34(33-19(21)12-4-6-14(16(24)8-12)22(26,27)28)10-18(35)32-13-5-7-15(17(25)9-13)23(29,30)31/h4-9H,3,10-11H2,1-2H3,(H,32,35). The van der Waals surface area contributed by atoms with Crippen molar-refractivity contribution in [2.45, 2.75) is 26.2 Å². The molecule has 0 radical (unpaired) electrons. The first kappa shape index (κ1) is 28.6. The molecule has 1 N–H and O–H groups in total. The van der Waals surface area contributed by atoms with Gasteiger partial charge in [-0.3, -0.25) is 14.6 Å². The van der Waals surface area contributed by atoms with Crippen molar-refractivity contribution in [2.75, 3.05) is 25.0 Å². The summed E-state index contributed by atoms with van der Waals surface area (Å²) in [6.07, 6.45) is -9.36. The Balaban J connectivity index is 1.86. The van der Waals surface area contributed by atoms with Crippen LogP contribution < -0.4 is 5.32 Å². The number of carbonyl (C=O) groups excluding carboxylic acids is 2. The third-order valence-corrected chi connectivity index (χ3v) is 6.05. The average Bonchev–Trinajstić information content (AvgIpc) is 3.09. The highest BCUT2D eigenvalue weighted by atomic mass is 35.5. The zero-order valence-electron chi connectivity index (χ0n) is 19.2. The van der Waals surface area contributed by atoms with Gasteiger partial charge in [0, 0.05) is 11.3 Å². The van der Waals surface area contributed by atoms with Crippen LogP contribution in [0, 0.1) is 5.41 Å². The maximum absolute atomic E-state index is 13.1. The van der Waals surface area contributed by atoms with E-state index < -0.39 is 57.4 Å². The molecule has 1 aliphatic heterocycles. The summed E-state index contributed by atoms with van der Waals surface area (Å²) in [4.78, 5) is 25.4. The molecule has 0 saturated heterocycles. The Hall–Kier alpha value is -2.99. The summed E-state index contributed by atoms with van der Waals surface area (Å²) >= 11 is 11.5. The smallest absolute Gasteiger partial charge is 0.417 e. The number of esters is 1. The predicted molar refractivity (Wildman–Crippen MR) is 124 cm³/mol. The van der Waals surface area contributed by atoms with E-state index in [0.29, 0.717) is 0 Å². The molecule has 1 atom stereocenters. The molecular formula is C23H19Cl2F6N3O3. The number of alkyl halides is 6. The fraction of sp³-hybridized carbons (Fsp3) is 0.348. The summed E-state index contributed by atoms with van der Waals surface area (Å²) < 4.78 is 83.2. The van der Waals surface area contributed by atoms with Gasteiger partial charge in [0.25, 0.3) is 0 Å². The van der Waals surface area contributed by atoms with Gasteiger partial charge in [0.2, 0.25) is 5.91 Å². The van der Waals surface area contributed by atoms with Crippen LogP contribution in [0.25, 0.3) is 0 Å². The van der Waals surface area contributed by atoms with Gasteiger partial charge in [-0.2, -0.15) is 31.4 Å². The Kier molecular flexibility index (Phi) is 8.04. The zero-order chi connectivity index (χ0) is 27.8. The topological polar surface area (TPSA) is 71.0 Å². The molecule has 0 aliphatic carbocycles. The number of hydrazone groups is 1. The van der Waals surface area contributed by atoms with Gasteiger partial charge in [-0.1, -0.05) is 29.3 Å². The Morgan fingerprint density at radius 3 is 2.11 bits per heavy atom. The molecule has 37 heavy (non-hydrogen) atoms. The average molecular weight is 570 g/mol. The second kappa shape index (κ2) is 10.4. The van der Waals surface area contributed by atoms with Crippen LogP contribution in [0.3, 0.4) is 0 Å². The third-order valence-electron chi connectivity index (χ3n) is 5.42. The number of rotatable bonds is 6. The van der Waals surface area contributed by atoms with Crippen LogP contribution in [0.4, 0.5) is 32.0 Å². The molecule has 1 heterocycles. The van der Waals surface area contributed by atoms with Gasteiger partial charge in [0.1, 0.15) is 12.0 Å². The van der Waals surface area contributed by atoms with E-state index in [9.17, 15) is 35.9 Å². The largest absolute Gasteiger partial charge is 0.465 e. The number of amides is 1. The van der Waals surface area contributed by atoms with Crippen molar-refractivity contribution < 1.29 is 40.7 Å². The quantitative estimate of drug-likeness (QED) is 0.329. The second-order valence-electron chi connectivity index (χ2n) is 8.26. The first-order chi connectivity index (χ1) is 17.1. The molecule has 1 amide bonds. The van der Waals surface area contributed by atoms with Gasteiger partial charge in [-0.05, 0) is 44.2 Å². The van der Waals surface area contributed by atoms with E-state index in [2.05, 4.69) is 10.4 Å². The second-order valence-corrected chi connectivity index (χ2v) is 9.07. The molecule has 14 heteroatoms. The maximum atomic E-state index is 13.1. The SMILES string of the molecule is CCOC(=O)C1(C)CN(CC(=O)Nc2ccc(C(F)(F)F)c(Cl)c2)N=C1c1ccc(C(F)(F)F)c(Cl)c1. The van der Waals surface area contributed by atoms with E-state index in [-0.39, 0.29) is 30.1 Å². The summed E-state index contributed by atoms with van der Waals surface area (Å²) in [5, 5.41) is 6.64. The fourth-order valence-electron chi connectivity index (χ4n) is 3.73. The molecule has 2 aromatic carbocycles. The van der Waals surface area contributed by atoms with E-state index >= 15 is 0 Å². The number of carbonyl (C=O) groups is 2. The summed E-state index contributed by atoms with van der Waals surface area (Å²) in [5.41, 5.74) is -3.45. The molecule has 6 nitrogen and oxygen atoms in total. The summed E-state index contributed by atoms with van der Waals surface area (Å²) in [6.45, 7) is 2.45. The Morgan fingerprint density at radius 1 is 1.03 bits per heavy atom. The molecule has 200 valence electrons. The third kappa shape index (κ3) is 6.30. The number of ether oxygens (including phenoxy) is 1. The predicted octanol–water partition coefficient (Wildman–Crippen LogP) is 6.26. The Morgan fingerprint density at radius 2 is 1.59 bits per heavy atom. The number of anilines is 1. The maximum Gasteiger partial charge on any atom is 0.417 e. The van der Waals surface area contributed by atoms with E-state index in [1.165, 1.54) is 11.9 Å². The lowest BCUT2D eigenvalue weighted by atomic mass is 9.82. The molecule has 0 bridgehead atoms. The van der Waals surface area contributed by atoms with Crippen LogP contribution in [0.5, 0.6) is 0 Å². The van der Waals surface area contributed by atoms with E-state index in [1.807, 2.05) is 0 Å². The molecule has 3 rings (SSSR count). The highest BCUT2D eigenvalue weighted by molar-refractivity contribution is 6.32. The van der Waals surface area contributed by atoms with Crippen LogP contribution >= 0.6 is 23.2 Å². The van der Waals surface area contributed by atoms with Crippen molar-refractivity contribution >= 4 is 46.5 Å². The number of benzene rings is 2. The van der Waals surface area contributed by atoms with Crippen molar-refractivity contribution in [1.82, 2.24) is 5.01 Å². The van der Waals surface area contributed by atoms with Crippen LogP contribution in [-0.4, -0.2) is 42.3 Å². The van der Waals surface area contributed by atoms with E-state index in [0.717, 1.165) is 36.4 Å². The summed E-state index contributed by atoms with van der Waals surface area (Å²) in [6, 6.07) is 5.57. The molecule has 1 unspecified atom stereocenters. The molecule has 0 fully saturated rings. The monoisotopic (exact) mass is 569 g/mol. The summed E-state index contributed by atoms with van der Waals surface area (Å²) in [5.74, 6) is -1.42. The molecule has 0 spiro atoms. The number of hydrogen-bond acceptors (Lipinski definition) is 5. The van der Waals surface area contributed by atoms with Gasteiger partial charge in [0.15, 0.2) is 0 Å². The van der Waals surface area contributed by atoms with Crippen LogP contribution in [0.1, 0.15) is 30.5 Å². The van der Waals surface area contributed by atoms with Crippen molar-refractivity contribution in [3.05, 3.63) is 63.1 Å². The first-order valence-electron chi connectivity index (χ1n) is 10.6. The molecule has 0 aromatic heterocycles.